The molecule has 0 spiro atoms. The second-order valence-corrected chi connectivity index (χ2v) is 11.1. The summed E-state index contributed by atoms with van der Waals surface area (Å²) in [6.07, 6.45) is 0. The van der Waals surface area contributed by atoms with E-state index in [1.807, 2.05) is 31.2 Å². The van der Waals surface area contributed by atoms with E-state index in [4.69, 9.17) is 8.37 Å². The molecular weight excluding hydrogens is 470 g/mol. The number of likely N-dealkylation sites (N-methyl/N-ethyl adjacent to an activating group) is 1. The first-order chi connectivity index (χ1) is 16.4. The number of fused-ring (bicyclic) bond motifs is 5. The van der Waals surface area contributed by atoms with Gasteiger partial charge in [-0.1, -0.05) is 43.0 Å². The molecule has 0 aliphatic carbocycles. The van der Waals surface area contributed by atoms with E-state index in [2.05, 4.69) is 46.4 Å². The standard InChI is InChI=1S/C25H25N3O4S2/c1-16(17-7-9-18(10-8-17)28-13-11-27(2)12-14-28)23-20-15-22-24(25(23)32-34(29,30)31-20)26-19-5-3-4-6-21(19)33-22/h3-10,15-16,26H,11-14H2,1-2H3. The predicted molar refractivity (Wildman–Crippen MR) is 134 cm³/mol. The van der Waals surface area contributed by atoms with Gasteiger partial charge >= 0.3 is 10.4 Å². The zero-order chi connectivity index (χ0) is 23.4. The van der Waals surface area contributed by atoms with Crippen molar-refractivity contribution in [1.82, 2.24) is 4.90 Å². The second-order valence-electron chi connectivity index (χ2n) is 8.89. The molecule has 1 atom stereocenters. The fourth-order valence-electron chi connectivity index (χ4n) is 4.74. The SMILES string of the molecule is CC(c1ccc(N2CCN(C)CC2)cc1)c1c2cc3c(c1OS(=O)(=O)O2)Nc1ccccc1S3. The van der Waals surface area contributed by atoms with Gasteiger partial charge in [-0.05, 0) is 42.9 Å². The van der Waals surface area contributed by atoms with Crippen LogP contribution in [0.15, 0.2) is 64.4 Å². The summed E-state index contributed by atoms with van der Waals surface area (Å²) in [6, 6.07) is 18.2. The molecule has 1 unspecified atom stereocenters. The van der Waals surface area contributed by atoms with Crippen LogP contribution in [0.3, 0.4) is 0 Å². The maximum atomic E-state index is 12.3. The van der Waals surface area contributed by atoms with Crippen molar-refractivity contribution in [2.45, 2.75) is 22.6 Å². The van der Waals surface area contributed by atoms with Gasteiger partial charge in [-0.25, -0.2) is 0 Å². The Morgan fingerprint density at radius 3 is 2.47 bits per heavy atom. The Morgan fingerprint density at radius 1 is 0.971 bits per heavy atom. The van der Waals surface area contributed by atoms with Crippen LogP contribution in [-0.2, 0) is 10.4 Å². The molecule has 3 aliphatic heterocycles. The fraction of sp³-hybridized carbons (Fsp3) is 0.280. The predicted octanol–water partition coefficient (Wildman–Crippen LogP) is 4.81. The zero-order valence-corrected chi connectivity index (χ0v) is 20.6. The quantitative estimate of drug-likeness (QED) is 0.434. The topological polar surface area (TPSA) is 71.1 Å². The molecule has 3 heterocycles. The Balaban J connectivity index is 1.37. The van der Waals surface area contributed by atoms with Crippen molar-refractivity contribution in [1.29, 1.82) is 0 Å². The molecule has 1 fully saturated rings. The van der Waals surface area contributed by atoms with Crippen molar-refractivity contribution < 1.29 is 16.8 Å². The van der Waals surface area contributed by atoms with Gasteiger partial charge in [-0.3, -0.25) is 0 Å². The number of hydrogen-bond donors (Lipinski definition) is 1. The number of nitrogens with one attached hydrogen (secondary N) is 1. The van der Waals surface area contributed by atoms with E-state index in [0.29, 0.717) is 17.2 Å². The molecule has 6 rings (SSSR count). The minimum atomic E-state index is -4.16. The number of anilines is 3. The van der Waals surface area contributed by atoms with Crippen LogP contribution >= 0.6 is 11.8 Å². The van der Waals surface area contributed by atoms with Gasteiger partial charge in [0.1, 0.15) is 0 Å². The molecule has 3 aliphatic rings. The van der Waals surface area contributed by atoms with E-state index < -0.39 is 10.4 Å². The Bertz CT molecular complexity index is 1370. The van der Waals surface area contributed by atoms with Crippen LogP contribution in [0.1, 0.15) is 24.0 Å². The molecule has 7 nitrogen and oxygen atoms in total. The van der Waals surface area contributed by atoms with E-state index in [1.165, 1.54) is 5.69 Å². The van der Waals surface area contributed by atoms with Crippen molar-refractivity contribution in [2.75, 3.05) is 43.4 Å². The summed E-state index contributed by atoms with van der Waals surface area (Å²) in [4.78, 5) is 6.67. The Kier molecular flexibility index (Phi) is 5.16. The minimum Gasteiger partial charge on any atom is -0.369 e. The number of hydrogen-bond acceptors (Lipinski definition) is 8. The molecule has 0 radical (unpaired) electrons. The highest BCUT2D eigenvalue weighted by Crippen LogP contribution is 2.55. The van der Waals surface area contributed by atoms with Gasteiger partial charge in [0.05, 0.1) is 11.4 Å². The van der Waals surface area contributed by atoms with Gasteiger partial charge in [0.25, 0.3) is 0 Å². The van der Waals surface area contributed by atoms with Crippen molar-refractivity contribution in [3.63, 3.8) is 0 Å². The van der Waals surface area contributed by atoms with Gasteiger partial charge in [-0.15, -0.1) is 8.42 Å². The van der Waals surface area contributed by atoms with E-state index in [9.17, 15) is 8.42 Å². The minimum absolute atomic E-state index is 0.128. The lowest BCUT2D eigenvalue weighted by molar-refractivity contribution is 0.313. The third-order valence-electron chi connectivity index (χ3n) is 6.68. The first-order valence-electron chi connectivity index (χ1n) is 11.3. The molecule has 34 heavy (non-hydrogen) atoms. The second kappa shape index (κ2) is 8.11. The largest absolute Gasteiger partial charge is 0.501 e. The van der Waals surface area contributed by atoms with Crippen LogP contribution in [0, 0.1) is 0 Å². The maximum Gasteiger partial charge on any atom is 0.501 e. The Hall–Kier alpha value is -2.88. The molecule has 176 valence electrons. The lowest BCUT2D eigenvalue weighted by Gasteiger charge is -2.34. The summed E-state index contributed by atoms with van der Waals surface area (Å²) >= 11 is 1.57. The van der Waals surface area contributed by atoms with Crippen LogP contribution in [0.5, 0.6) is 11.5 Å². The molecule has 2 bridgehead atoms. The lowest BCUT2D eigenvalue weighted by atomic mass is 9.90. The molecule has 0 saturated carbocycles. The summed E-state index contributed by atoms with van der Waals surface area (Å²) in [5.41, 5.74) is 4.58. The molecule has 0 amide bonds. The molecule has 1 saturated heterocycles. The summed E-state index contributed by atoms with van der Waals surface area (Å²) in [5, 5.41) is 3.38. The normalized spacial score (nSPS) is 19.2. The number of piperazine rings is 1. The highest BCUT2D eigenvalue weighted by atomic mass is 32.3. The first kappa shape index (κ1) is 21.6. The van der Waals surface area contributed by atoms with E-state index >= 15 is 0 Å². The van der Waals surface area contributed by atoms with Crippen LogP contribution in [-0.4, -0.2) is 46.5 Å². The van der Waals surface area contributed by atoms with Gasteiger partial charge in [-0.2, -0.15) is 0 Å². The van der Waals surface area contributed by atoms with Crippen LogP contribution < -0.4 is 18.6 Å². The molecule has 0 aromatic heterocycles. The molecule has 3 aromatic rings. The highest BCUT2D eigenvalue weighted by Gasteiger charge is 2.37. The number of nitrogens with zero attached hydrogens (tertiary/aromatic N) is 2. The fourth-order valence-corrected chi connectivity index (χ4v) is 6.53. The van der Waals surface area contributed by atoms with Crippen molar-refractivity contribution in [2.24, 2.45) is 0 Å². The maximum absolute atomic E-state index is 12.3. The lowest BCUT2D eigenvalue weighted by Crippen LogP contribution is -2.44. The summed E-state index contributed by atoms with van der Waals surface area (Å²) in [5.74, 6) is 0.511. The summed E-state index contributed by atoms with van der Waals surface area (Å²) < 4.78 is 35.5. The number of para-hydroxylation sites is 1. The van der Waals surface area contributed by atoms with E-state index in [-0.39, 0.29) is 5.92 Å². The zero-order valence-electron chi connectivity index (χ0n) is 18.9. The Morgan fingerprint density at radius 2 is 1.71 bits per heavy atom. The monoisotopic (exact) mass is 495 g/mol. The summed E-state index contributed by atoms with van der Waals surface area (Å²) in [7, 11) is -2.02. The number of rotatable bonds is 3. The third kappa shape index (κ3) is 3.77. The van der Waals surface area contributed by atoms with Crippen molar-refractivity contribution in [3.05, 3.63) is 65.7 Å². The average molecular weight is 496 g/mol. The molecule has 3 aromatic carbocycles. The van der Waals surface area contributed by atoms with E-state index in [1.54, 1.807) is 17.8 Å². The van der Waals surface area contributed by atoms with Crippen molar-refractivity contribution in [3.8, 4) is 11.5 Å². The first-order valence-corrected chi connectivity index (χ1v) is 13.4. The van der Waals surface area contributed by atoms with Gasteiger partial charge in [0.15, 0.2) is 11.5 Å². The average Bonchev–Trinajstić information content (AvgIpc) is 2.82. The van der Waals surface area contributed by atoms with E-state index in [0.717, 1.165) is 52.8 Å². The molecule has 1 N–H and O–H groups in total. The van der Waals surface area contributed by atoms with Gasteiger partial charge < -0.3 is 23.5 Å². The van der Waals surface area contributed by atoms with Gasteiger partial charge in [0.2, 0.25) is 0 Å². The van der Waals surface area contributed by atoms with Crippen LogP contribution in [0.25, 0.3) is 0 Å². The Labute approximate surface area is 204 Å². The van der Waals surface area contributed by atoms with Crippen LogP contribution in [0.2, 0.25) is 0 Å². The third-order valence-corrected chi connectivity index (χ3v) is 8.56. The van der Waals surface area contributed by atoms with Gasteiger partial charge in [0, 0.05) is 53.1 Å². The molecule has 9 heteroatoms. The van der Waals surface area contributed by atoms with Crippen LogP contribution in [0.4, 0.5) is 17.1 Å². The smallest absolute Gasteiger partial charge is 0.369 e. The molecular formula is C25H25N3O4S2. The van der Waals surface area contributed by atoms with Crippen molar-refractivity contribution >= 4 is 39.2 Å². The highest BCUT2D eigenvalue weighted by molar-refractivity contribution is 7.99. The summed E-state index contributed by atoms with van der Waals surface area (Å²) in [6.45, 7) is 6.17. The number of benzene rings is 3.